The van der Waals surface area contributed by atoms with Crippen LogP contribution < -0.4 is 5.32 Å². The van der Waals surface area contributed by atoms with Crippen LogP contribution >= 0.6 is 0 Å². The lowest BCUT2D eigenvalue weighted by Gasteiger charge is -2.02. The molecule has 0 aliphatic heterocycles. The Kier molecular flexibility index (Phi) is 9.66. The third-order valence-electron chi connectivity index (χ3n) is 1.47. The Balaban J connectivity index is 0. The lowest BCUT2D eigenvalue weighted by atomic mass is 10.1. The predicted molar refractivity (Wildman–Crippen MR) is 56.3 cm³/mol. The Hall–Kier alpha value is -0.900. The van der Waals surface area contributed by atoms with Crippen molar-refractivity contribution in [2.45, 2.75) is 40.7 Å². The lowest BCUT2D eigenvalue weighted by Crippen LogP contribution is -2.28. The summed E-state index contributed by atoms with van der Waals surface area (Å²) < 4.78 is 0. The van der Waals surface area contributed by atoms with E-state index >= 15 is 0 Å². The maximum Gasteiger partial charge on any atom is 0.317 e. The number of carboxylic acid groups (broad SMARTS) is 1. The molecule has 0 radical (unpaired) electrons. The maximum atomic E-state index is 10.1. The Bertz CT molecular complexity index is 176. The van der Waals surface area contributed by atoms with Gasteiger partial charge in [0.15, 0.2) is 0 Å². The fraction of sp³-hybridized carbons (Fsp3) is 0.800. The van der Waals surface area contributed by atoms with Crippen molar-refractivity contribution in [3.8, 4) is 0 Å². The van der Waals surface area contributed by atoms with Gasteiger partial charge in [-0.25, -0.2) is 0 Å². The van der Waals surface area contributed by atoms with E-state index in [0.29, 0.717) is 0 Å². The quantitative estimate of drug-likeness (QED) is 0.722. The van der Waals surface area contributed by atoms with E-state index in [1.807, 2.05) is 27.7 Å². The van der Waals surface area contributed by atoms with Crippen LogP contribution in [0.3, 0.4) is 0 Å². The molecule has 84 valence electrons. The zero-order chi connectivity index (χ0) is 11.7. The van der Waals surface area contributed by atoms with Gasteiger partial charge in [-0.3, -0.25) is 9.59 Å². The molecule has 0 aliphatic rings. The van der Waals surface area contributed by atoms with Crippen molar-refractivity contribution in [3.05, 3.63) is 0 Å². The van der Waals surface area contributed by atoms with Crippen molar-refractivity contribution in [1.29, 1.82) is 0 Å². The largest absolute Gasteiger partial charge is 0.480 e. The van der Waals surface area contributed by atoms with Crippen molar-refractivity contribution >= 4 is 11.8 Å². The van der Waals surface area contributed by atoms with E-state index in [1.54, 1.807) is 6.92 Å². The van der Waals surface area contributed by atoms with Gasteiger partial charge in [0.05, 0.1) is 6.54 Å². The third-order valence-corrected chi connectivity index (χ3v) is 1.47. The Labute approximate surface area is 85.7 Å². The van der Waals surface area contributed by atoms with Crippen LogP contribution in [0.25, 0.3) is 0 Å². The van der Waals surface area contributed by atoms with Crippen molar-refractivity contribution < 1.29 is 14.7 Å². The number of rotatable bonds is 4. The second-order valence-corrected chi connectivity index (χ2v) is 3.69. The van der Waals surface area contributed by atoms with Gasteiger partial charge in [0, 0.05) is 12.0 Å². The number of Topliss-reactive ketones (excluding diaryl/α,β-unsaturated/α-hetero) is 1. The van der Waals surface area contributed by atoms with Crippen LogP contribution in [-0.4, -0.2) is 29.4 Å². The number of carbonyl (C=O) groups excluding carboxylic acids is 1. The molecular weight excluding hydrogens is 182 g/mol. The standard InChI is InChI=1S/C5H11NO2.C5H10O/c1-4(2)6-3-5(7)8;1-4(2)5(3)6/h4,6H,3H2,1-2H3,(H,7,8);4H,1-3H3. The molecule has 0 bridgehead atoms. The molecule has 4 heteroatoms. The summed E-state index contributed by atoms with van der Waals surface area (Å²) in [4.78, 5) is 20.0. The van der Waals surface area contributed by atoms with Crippen molar-refractivity contribution in [2.75, 3.05) is 6.54 Å². The molecule has 0 unspecified atom stereocenters. The van der Waals surface area contributed by atoms with Crippen LogP contribution in [0.1, 0.15) is 34.6 Å². The van der Waals surface area contributed by atoms with Gasteiger partial charge in [0.1, 0.15) is 5.78 Å². The fourth-order valence-corrected chi connectivity index (χ4v) is 0.291. The lowest BCUT2D eigenvalue weighted by molar-refractivity contribution is -0.136. The molecule has 0 amide bonds. The fourth-order valence-electron chi connectivity index (χ4n) is 0.291. The monoisotopic (exact) mass is 203 g/mol. The van der Waals surface area contributed by atoms with Crippen LogP contribution in [0.5, 0.6) is 0 Å². The van der Waals surface area contributed by atoms with Gasteiger partial charge in [-0.1, -0.05) is 27.7 Å². The highest BCUT2D eigenvalue weighted by Crippen LogP contribution is 1.89. The average molecular weight is 203 g/mol. The second-order valence-electron chi connectivity index (χ2n) is 3.69. The highest BCUT2D eigenvalue weighted by Gasteiger charge is 1.95. The molecule has 0 aromatic carbocycles. The highest BCUT2D eigenvalue weighted by atomic mass is 16.4. The zero-order valence-electron chi connectivity index (χ0n) is 9.63. The van der Waals surface area contributed by atoms with Crippen LogP contribution in [0.15, 0.2) is 0 Å². The predicted octanol–water partition coefficient (Wildman–Crippen LogP) is 1.30. The summed E-state index contributed by atoms with van der Waals surface area (Å²) in [6.45, 7) is 9.25. The van der Waals surface area contributed by atoms with Gasteiger partial charge in [-0.2, -0.15) is 0 Å². The third kappa shape index (κ3) is 17.3. The zero-order valence-corrected chi connectivity index (χ0v) is 9.63. The van der Waals surface area contributed by atoms with E-state index in [1.165, 1.54) is 0 Å². The van der Waals surface area contributed by atoms with Gasteiger partial charge in [-0.05, 0) is 6.92 Å². The van der Waals surface area contributed by atoms with Gasteiger partial charge in [0.2, 0.25) is 0 Å². The van der Waals surface area contributed by atoms with Crippen molar-refractivity contribution in [2.24, 2.45) is 5.92 Å². The van der Waals surface area contributed by atoms with Gasteiger partial charge in [-0.15, -0.1) is 0 Å². The molecule has 2 N–H and O–H groups in total. The normalized spacial score (nSPS) is 9.64. The summed E-state index contributed by atoms with van der Waals surface area (Å²) in [5.41, 5.74) is 0. The number of aliphatic carboxylic acids is 1. The smallest absolute Gasteiger partial charge is 0.317 e. The molecule has 0 aromatic rings. The SMILES string of the molecule is CC(=O)C(C)C.CC(C)NCC(=O)O. The van der Waals surface area contributed by atoms with E-state index in [-0.39, 0.29) is 24.3 Å². The molecule has 0 atom stereocenters. The molecule has 0 aliphatic carbocycles. The summed E-state index contributed by atoms with van der Waals surface area (Å²) in [7, 11) is 0. The number of hydrogen-bond acceptors (Lipinski definition) is 3. The van der Waals surface area contributed by atoms with E-state index in [2.05, 4.69) is 5.32 Å². The highest BCUT2D eigenvalue weighted by molar-refractivity contribution is 5.77. The molecule has 0 saturated heterocycles. The first-order valence-corrected chi connectivity index (χ1v) is 4.73. The minimum atomic E-state index is -0.807. The molecule has 0 saturated carbocycles. The average Bonchev–Trinajstić information content (AvgIpc) is 2.01. The minimum absolute atomic E-state index is 0.0532. The first kappa shape index (κ1) is 15.6. The Morgan fingerprint density at radius 2 is 1.57 bits per heavy atom. The van der Waals surface area contributed by atoms with Gasteiger partial charge in [0.25, 0.3) is 0 Å². The topological polar surface area (TPSA) is 66.4 Å². The van der Waals surface area contributed by atoms with Crippen molar-refractivity contribution in [1.82, 2.24) is 5.32 Å². The molecular formula is C10H21NO3. The van der Waals surface area contributed by atoms with Gasteiger partial charge >= 0.3 is 5.97 Å². The molecule has 0 aromatic heterocycles. The number of hydrogen-bond donors (Lipinski definition) is 2. The van der Waals surface area contributed by atoms with E-state index in [4.69, 9.17) is 5.11 Å². The minimum Gasteiger partial charge on any atom is -0.480 e. The summed E-state index contributed by atoms with van der Waals surface area (Å²) in [5.74, 6) is -0.335. The molecule has 0 heterocycles. The maximum absolute atomic E-state index is 10.1. The summed E-state index contributed by atoms with van der Waals surface area (Å²) >= 11 is 0. The summed E-state index contributed by atoms with van der Waals surface area (Å²) in [5, 5.41) is 10.8. The number of carbonyl (C=O) groups is 2. The molecule has 0 fully saturated rings. The van der Waals surface area contributed by atoms with Crippen LogP contribution in [0, 0.1) is 5.92 Å². The van der Waals surface area contributed by atoms with Crippen LogP contribution in [0.4, 0.5) is 0 Å². The number of nitrogens with one attached hydrogen (secondary N) is 1. The molecule has 14 heavy (non-hydrogen) atoms. The first-order chi connectivity index (χ1) is 6.27. The van der Waals surface area contributed by atoms with Crippen molar-refractivity contribution in [3.63, 3.8) is 0 Å². The van der Waals surface area contributed by atoms with Crippen LogP contribution in [-0.2, 0) is 9.59 Å². The summed E-state index contributed by atoms with van der Waals surface area (Å²) in [6, 6.07) is 0.256. The van der Waals surface area contributed by atoms with E-state index in [0.717, 1.165) is 0 Å². The number of ketones is 1. The Morgan fingerprint density at radius 1 is 1.21 bits per heavy atom. The van der Waals surface area contributed by atoms with Gasteiger partial charge < -0.3 is 10.4 Å². The summed E-state index contributed by atoms with van der Waals surface area (Å²) in [6.07, 6.45) is 0. The molecule has 4 nitrogen and oxygen atoms in total. The second kappa shape index (κ2) is 8.69. The van der Waals surface area contributed by atoms with E-state index < -0.39 is 5.97 Å². The Morgan fingerprint density at radius 3 is 1.64 bits per heavy atom. The molecule has 0 rings (SSSR count). The van der Waals surface area contributed by atoms with E-state index in [9.17, 15) is 9.59 Å². The molecule has 0 spiro atoms. The van der Waals surface area contributed by atoms with Crippen LogP contribution in [0.2, 0.25) is 0 Å². The number of carboxylic acids is 1. The first-order valence-electron chi connectivity index (χ1n) is 4.73.